The Morgan fingerprint density at radius 2 is 1.73 bits per heavy atom. The summed E-state index contributed by atoms with van der Waals surface area (Å²) in [7, 11) is 1.54. The summed E-state index contributed by atoms with van der Waals surface area (Å²) in [4.78, 5) is 8.01. The molecule has 0 saturated heterocycles. The van der Waals surface area contributed by atoms with Gasteiger partial charge in [0.15, 0.2) is 11.5 Å². The number of phenolic OH excluding ortho intramolecular Hbond substituents is 1. The maximum absolute atomic E-state index is 9.68. The van der Waals surface area contributed by atoms with Crippen LogP contribution in [0.4, 0.5) is 0 Å². The van der Waals surface area contributed by atoms with E-state index < -0.39 is 0 Å². The van der Waals surface area contributed by atoms with Crippen LogP contribution in [0.2, 0.25) is 0 Å². The molecule has 0 unspecified atom stereocenters. The van der Waals surface area contributed by atoms with Crippen LogP contribution in [0, 0.1) is 0 Å². The minimum Gasteiger partial charge on any atom is -0.504 e. The lowest BCUT2D eigenvalue weighted by Crippen LogP contribution is -1.84. The van der Waals surface area contributed by atoms with Gasteiger partial charge in [0.1, 0.15) is 5.82 Å². The molecule has 2 N–H and O–H groups in total. The number of aromatic hydroxyl groups is 1. The number of aromatic amines is 1. The number of rotatable bonds is 4. The van der Waals surface area contributed by atoms with Crippen LogP contribution in [0.5, 0.6) is 11.5 Å². The number of aromatic nitrogens is 2. The Balaban J connectivity index is 1.63. The van der Waals surface area contributed by atoms with Crippen LogP contribution in [-0.2, 0) is 0 Å². The number of benzene rings is 3. The highest BCUT2D eigenvalue weighted by Crippen LogP contribution is 2.27. The monoisotopic (exact) mass is 342 g/mol. The normalized spacial score (nSPS) is 11.3. The van der Waals surface area contributed by atoms with Crippen molar-refractivity contribution in [1.82, 2.24) is 9.97 Å². The third-order valence-corrected chi connectivity index (χ3v) is 4.22. The van der Waals surface area contributed by atoms with Gasteiger partial charge in [-0.15, -0.1) is 0 Å². The van der Waals surface area contributed by atoms with Crippen molar-refractivity contribution >= 4 is 23.2 Å². The van der Waals surface area contributed by atoms with E-state index in [1.807, 2.05) is 60.7 Å². The summed E-state index contributed by atoms with van der Waals surface area (Å²) in [5.74, 6) is 1.45. The zero-order valence-electron chi connectivity index (χ0n) is 14.3. The molecule has 0 spiro atoms. The van der Waals surface area contributed by atoms with Gasteiger partial charge in [0.05, 0.1) is 18.1 Å². The topological polar surface area (TPSA) is 58.1 Å². The lowest BCUT2D eigenvalue weighted by atomic mass is 10.1. The van der Waals surface area contributed by atoms with Crippen molar-refractivity contribution in [2.24, 2.45) is 0 Å². The predicted octanol–water partition coefficient (Wildman–Crippen LogP) is 5.11. The van der Waals surface area contributed by atoms with Gasteiger partial charge in [-0.3, -0.25) is 0 Å². The van der Waals surface area contributed by atoms with Crippen molar-refractivity contribution in [2.75, 3.05) is 7.11 Å². The molecule has 4 heteroatoms. The summed E-state index contributed by atoms with van der Waals surface area (Å²) in [6, 6.07) is 21.5. The molecule has 128 valence electrons. The Morgan fingerprint density at radius 1 is 0.923 bits per heavy atom. The van der Waals surface area contributed by atoms with E-state index in [0.29, 0.717) is 5.75 Å². The minimum atomic E-state index is 0.136. The molecule has 4 aromatic rings. The molecule has 4 rings (SSSR count). The zero-order valence-corrected chi connectivity index (χ0v) is 14.3. The van der Waals surface area contributed by atoms with E-state index in [9.17, 15) is 5.11 Å². The number of ether oxygens (including phenoxy) is 1. The molecule has 0 saturated carbocycles. The Bertz CT molecular complexity index is 1060. The second kappa shape index (κ2) is 6.76. The fourth-order valence-corrected chi connectivity index (χ4v) is 2.87. The van der Waals surface area contributed by atoms with Gasteiger partial charge >= 0.3 is 0 Å². The Morgan fingerprint density at radius 3 is 2.54 bits per heavy atom. The molecule has 0 aliphatic carbocycles. The Kier molecular flexibility index (Phi) is 4.15. The van der Waals surface area contributed by atoms with Crippen molar-refractivity contribution in [3.8, 4) is 22.9 Å². The van der Waals surface area contributed by atoms with Crippen LogP contribution in [0.3, 0.4) is 0 Å². The van der Waals surface area contributed by atoms with Crippen LogP contribution in [0.1, 0.15) is 11.1 Å². The van der Waals surface area contributed by atoms with E-state index in [1.165, 1.54) is 0 Å². The lowest BCUT2D eigenvalue weighted by Gasteiger charge is -2.04. The molecule has 1 aromatic heterocycles. The smallest absolute Gasteiger partial charge is 0.161 e. The van der Waals surface area contributed by atoms with E-state index in [-0.39, 0.29) is 5.75 Å². The molecule has 0 fully saturated rings. The number of fused-ring (bicyclic) bond motifs is 1. The van der Waals surface area contributed by atoms with Crippen LogP contribution in [0.15, 0.2) is 66.7 Å². The summed E-state index contributed by atoms with van der Waals surface area (Å²) >= 11 is 0. The van der Waals surface area contributed by atoms with Gasteiger partial charge < -0.3 is 14.8 Å². The number of methoxy groups -OCH3 is 1. The third kappa shape index (κ3) is 3.17. The van der Waals surface area contributed by atoms with Crippen LogP contribution >= 0.6 is 0 Å². The van der Waals surface area contributed by atoms with Gasteiger partial charge in [0.25, 0.3) is 0 Å². The van der Waals surface area contributed by atoms with E-state index in [0.717, 1.165) is 33.5 Å². The van der Waals surface area contributed by atoms with Gasteiger partial charge in [-0.2, -0.15) is 0 Å². The first-order chi connectivity index (χ1) is 12.7. The number of phenols is 1. The first-order valence-electron chi connectivity index (χ1n) is 8.33. The van der Waals surface area contributed by atoms with Crippen molar-refractivity contribution < 1.29 is 9.84 Å². The summed E-state index contributed by atoms with van der Waals surface area (Å²) in [5, 5.41) is 9.68. The molecule has 0 aliphatic rings. The lowest BCUT2D eigenvalue weighted by molar-refractivity contribution is 0.373. The third-order valence-electron chi connectivity index (χ3n) is 4.22. The summed E-state index contributed by atoms with van der Waals surface area (Å²) in [5.41, 5.74) is 5.04. The number of para-hydroxylation sites is 2. The maximum atomic E-state index is 9.68. The van der Waals surface area contributed by atoms with Crippen molar-refractivity contribution in [2.45, 2.75) is 0 Å². The average molecular weight is 342 g/mol. The van der Waals surface area contributed by atoms with Gasteiger partial charge in [0.2, 0.25) is 0 Å². The van der Waals surface area contributed by atoms with E-state index in [2.05, 4.69) is 16.0 Å². The van der Waals surface area contributed by atoms with E-state index in [1.54, 1.807) is 19.2 Å². The number of hydrogen-bond donors (Lipinski definition) is 2. The first-order valence-corrected chi connectivity index (χ1v) is 8.33. The second-order valence-electron chi connectivity index (χ2n) is 5.99. The fraction of sp³-hybridized carbons (Fsp3) is 0.0455. The molecular weight excluding hydrogens is 324 g/mol. The van der Waals surface area contributed by atoms with Crippen LogP contribution in [-0.4, -0.2) is 22.2 Å². The highest BCUT2D eigenvalue weighted by atomic mass is 16.5. The van der Waals surface area contributed by atoms with Gasteiger partial charge in [-0.05, 0) is 41.5 Å². The fourth-order valence-electron chi connectivity index (χ4n) is 2.87. The molecule has 3 aromatic carbocycles. The molecular formula is C22H18N2O2. The summed E-state index contributed by atoms with van der Waals surface area (Å²) in [6.45, 7) is 0. The van der Waals surface area contributed by atoms with Gasteiger partial charge in [0, 0.05) is 5.56 Å². The van der Waals surface area contributed by atoms with E-state index >= 15 is 0 Å². The molecule has 0 amide bonds. The highest BCUT2D eigenvalue weighted by Gasteiger charge is 2.05. The van der Waals surface area contributed by atoms with Gasteiger partial charge in [-0.25, -0.2) is 4.98 Å². The van der Waals surface area contributed by atoms with Crippen LogP contribution in [0.25, 0.3) is 34.6 Å². The number of nitrogens with one attached hydrogen (secondary N) is 1. The standard InChI is InChI=1S/C22H18N2O2/c1-26-21-14-16(11-12-20(21)25)10-9-15-5-4-6-17(13-15)22-23-18-7-2-3-8-19(18)24-22/h2-14,25H,1H3,(H,23,24)/b10-9+. The Labute approximate surface area is 151 Å². The molecule has 0 atom stereocenters. The largest absolute Gasteiger partial charge is 0.504 e. The van der Waals surface area contributed by atoms with Crippen molar-refractivity contribution in [1.29, 1.82) is 0 Å². The quantitative estimate of drug-likeness (QED) is 0.506. The second-order valence-corrected chi connectivity index (χ2v) is 5.99. The molecule has 4 nitrogen and oxygen atoms in total. The van der Waals surface area contributed by atoms with Crippen molar-refractivity contribution in [3.63, 3.8) is 0 Å². The first kappa shape index (κ1) is 16.0. The van der Waals surface area contributed by atoms with Gasteiger partial charge in [-0.1, -0.05) is 48.6 Å². The van der Waals surface area contributed by atoms with E-state index in [4.69, 9.17) is 4.74 Å². The predicted molar refractivity (Wildman–Crippen MR) is 105 cm³/mol. The molecule has 0 bridgehead atoms. The minimum absolute atomic E-state index is 0.136. The molecule has 0 radical (unpaired) electrons. The Hall–Kier alpha value is -3.53. The maximum Gasteiger partial charge on any atom is 0.161 e. The molecule has 26 heavy (non-hydrogen) atoms. The number of hydrogen-bond acceptors (Lipinski definition) is 3. The van der Waals surface area contributed by atoms with Crippen molar-refractivity contribution in [3.05, 3.63) is 77.9 Å². The summed E-state index contributed by atoms with van der Waals surface area (Å²) < 4.78 is 5.15. The average Bonchev–Trinajstić information content (AvgIpc) is 3.12. The molecule has 1 heterocycles. The number of nitrogens with zero attached hydrogens (tertiary/aromatic N) is 1. The molecule has 0 aliphatic heterocycles. The highest BCUT2D eigenvalue weighted by molar-refractivity contribution is 5.80. The number of H-pyrrole nitrogens is 1. The SMILES string of the molecule is COc1cc(/C=C/c2cccc(-c3nc4ccccc4[nH]3)c2)ccc1O. The summed E-state index contributed by atoms with van der Waals surface area (Å²) in [6.07, 6.45) is 4.01. The zero-order chi connectivity index (χ0) is 17.9. The van der Waals surface area contributed by atoms with Crippen LogP contribution < -0.4 is 4.74 Å². The number of imidazole rings is 1.